The van der Waals surface area contributed by atoms with Crippen LogP contribution in [0.1, 0.15) is 12.8 Å². The number of nitrogens with zero attached hydrogens (tertiary/aromatic N) is 1. The summed E-state index contributed by atoms with van der Waals surface area (Å²) >= 11 is 1.63. The van der Waals surface area contributed by atoms with Crippen LogP contribution >= 0.6 is 11.8 Å². The zero-order valence-electron chi connectivity index (χ0n) is 9.31. The molecule has 2 N–H and O–H groups in total. The van der Waals surface area contributed by atoms with Crippen LogP contribution in [0.4, 0.5) is 5.69 Å². The number of nitrogen functional groups attached to an aromatic ring is 1. The van der Waals surface area contributed by atoms with E-state index in [0.29, 0.717) is 17.7 Å². The molecule has 5 heteroatoms. The van der Waals surface area contributed by atoms with Gasteiger partial charge in [-0.1, -0.05) is 0 Å². The van der Waals surface area contributed by atoms with Crippen LogP contribution in [0, 0.1) is 0 Å². The van der Waals surface area contributed by atoms with Crippen molar-refractivity contribution in [2.45, 2.75) is 24.0 Å². The Kier molecular flexibility index (Phi) is 3.90. The van der Waals surface area contributed by atoms with Crippen LogP contribution in [-0.2, 0) is 4.74 Å². The lowest BCUT2D eigenvalue weighted by Gasteiger charge is -2.10. The van der Waals surface area contributed by atoms with Crippen molar-refractivity contribution in [1.29, 1.82) is 0 Å². The van der Waals surface area contributed by atoms with Crippen LogP contribution in [0.25, 0.3) is 0 Å². The van der Waals surface area contributed by atoms with Crippen molar-refractivity contribution in [3.63, 3.8) is 0 Å². The molecule has 1 aromatic rings. The first-order valence-electron chi connectivity index (χ1n) is 5.34. The molecule has 88 valence electrons. The fourth-order valence-corrected chi connectivity index (χ4v) is 2.61. The minimum Gasteiger partial charge on any atom is -0.481 e. The average molecular weight is 240 g/mol. The van der Waals surface area contributed by atoms with Gasteiger partial charge in [-0.2, -0.15) is 0 Å². The highest BCUT2D eigenvalue weighted by molar-refractivity contribution is 7.99. The first-order chi connectivity index (χ1) is 7.79. The summed E-state index contributed by atoms with van der Waals surface area (Å²) in [4.78, 5) is 4.31. The zero-order valence-corrected chi connectivity index (χ0v) is 10.1. The van der Waals surface area contributed by atoms with Crippen molar-refractivity contribution < 1.29 is 9.47 Å². The Hall–Kier alpha value is -0.940. The maximum Gasteiger partial charge on any atom is 0.214 e. The maximum absolute atomic E-state index is 5.85. The first-order valence-corrected chi connectivity index (χ1v) is 6.33. The molecule has 0 spiro atoms. The van der Waals surface area contributed by atoms with Gasteiger partial charge in [0.25, 0.3) is 0 Å². The van der Waals surface area contributed by atoms with Crippen LogP contribution < -0.4 is 10.5 Å². The van der Waals surface area contributed by atoms with Crippen LogP contribution in [0.15, 0.2) is 17.2 Å². The molecule has 2 rings (SSSR count). The Morgan fingerprint density at radius 2 is 2.50 bits per heavy atom. The molecule has 0 aliphatic carbocycles. The van der Waals surface area contributed by atoms with E-state index in [-0.39, 0.29) is 0 Å². The molecule has 0 saturated carbocycles. The predicted molar refractivity (Wildman–Crippen MR) is 64.9 cm³/mol. The van der Waals surface area contributed by atoms with Crippen molar-refractivity contribution >= 4 is 17.4 Å². The molecule has 0 aromatic carbocycles. The molecule has 1 aliphatic heterocycles. The van der Waals surface area contributed by atoms with Crippen molar-refractivity contribution in [2.75, 3.05) is 25.2 Å². The molecule has 1 fully saturated rings. The fourth-order valence-electron chi connectivity index (χ4n) is 1.61. The standard InChI is InChI=1S/C11H16N2O2S/c1-14-10-5-4-9(12)11(13-10)16-7-8-3-2-6-15-8/h4-5,8H,2-3,6-7,12H2,1H3. The molecule has 1 unspecified atom stereocenters. The summed E-state index contributed by atoms with van der Waals surface area (Å²) in [7, 11) is 1.60. The third-order valence-corrected chi connectivity index (χ3v) is 3.64. The number of anilines is 1. The van der Waals surface area contributed by atoms with Crippen molar-refractivity contribution in [2.24, 2.45) is 0 Å². The van der Waals surface area contributed by atoms with Gasteiger partial charge in [0.05, 0.1) is 18.9 Å². The maximum atomic E-state index is 5.85. The van der Waals surface area contributed by atoms with E-state index in [1.165, 1.54) is 0 Å². The number of methoxy groups -OCH3 is 1. The van der Waals surface area contributed by atoms with E-state index in [1.807, 2.05) is 6.07 Å². The molecule has 0 bridgehead atoms. The summed E-state index contributed by atoms with van der Waals surface area (Å²) in [6.07, 6.45) is 2.64. The molecule has 1 saturated heterocycles. The van der Waals surface area contributed by atoms with E-state index < -0.39 is 0 Å². The Balaban J connectivity index is 1.96. The van der Waals surface area contributed by atoms with Gasteiger partial charge in [-0.15, -0.1) is 11.8 Å². The number of nitrogens with two attached hydrogens (primary N) is 1. The topological polar surface area (TPSA) is 57.4 Å². The molecular weight excluding hydrogens is 224 g/mol. The lowest BCUT2D eigenvalue weighted by atomic mass is 10.3. The molecule has 1 aliphatic rings. The Labute approximate surface area is 99.5 Å². The number of ether oxygens (including phenoxy) is 2. The minimum absolute atomic E-state index is 0.345. The van der Waals surface area contributed by atoms with Crippen molar-refractivity contribution in [3.05, 3.63) is 12.1 Å². The second kappa shape index (κ2) is 5.41. The molecule has 2 heterocycles. The largest absolute Gasteiger partial charge is 0.481 e. The second-order valence-electron chi connectivity index (χ2n) is 3.69. The minimum atomic E-state index is 0.345. The lowest BCUT2D eigenvalue weighted by Crippen LogP contribution is -2.08. The highest BCUT2D eigenvalue weighted by atomic mass is 32.2. The lowest BCUT2D eigenvalue weighted by molar-refractivity contribution is 0.129. The van der Waals surface area contributed by atoms with Gasteiger partial charge in [-0.25, -0.2) is 4.98 Å². The van der Waals surface area contributed by atoms with Crippen LogP contribution in [0.3, 0.4) is 0 Å². The van der Waals surface area contributed by atoms with Crippen LogP contribution in [0.2, 0.25) is 0 Å². The summed E-state index contributed by atoms with van der Waals surface area (Å²) in [5.74, 6) is 1.51. The van der Waals surface area contributed by atoms with Gasteiger partial charge >= 0.3 is 0 Å². The van der Waals surface area contributed by atoms with Gasteiger partial charge in [0.15, 0.2) is 0 Å². The van der Waals surface area contributed by atoms with Gasteiger partial charge in [0.1, 0.15) is 5.03 Å². The summed E-state index contributed by atoms with van der Waals surface area (Å²) < 4.78 is 10.6. The molecule has 0 amide bonds. The summed E-state index contributed by atoms with van der Waals surface area (Å²) in [5.41, 5.74) is 6.55. The Bertz CT molecular complexity index is 354. The SMILES string of the molecule is COc1ccc(N)c(SCC2CCCO2)n1. The van der Waals surface area contributed by atoms with Crippen molar-refractivity contribution in [1.82, 2.24) is 4.98 Å². The van der Waals surface area contributed by atoms with E-state index in [0.717, 1.165) is 30.2 Å². The normalized spacial score (nSPS) is 19.9. The molecular formula is C11H16N2O2S. The fraction of sp³-hybridized carbons (Fsp3) is 0.545. The van der Waals surface area contributed by atoms with Crippen LogP contribution in [0.5, 0.6) is 5.88 Å². The van der Waals surface area contributed by atoms with E-state index in [9.17, 15) is 0 Å². The number of pyridine rings is 1. The second-order valence-corrected chi connectivity index (χ2v) is 4.70. The Morgan fingerprint density at radius 3 is 3.19 bits per heavy atom. The number of thioether (sulfide) groups is 1. The molecule has 1 aromatic heterocycles. The highest BCUT2D eigenvalue weighted by Gasteiger charge is 2.16. The summed E-state index contributed by atoms with van der Waals surface area (Å²) in [5, 5.41) is 0.829. The van der Waals surface area contributed by atoms with Gasteiger partial charge in [0, 0.05) is 18.4 Å². The predicted octanol–water partition coefficient (Wildman–Crippen LogP) is 1.94. The highest BCUT2D eigenvalue weighted by Crippen LogP contribution is 2.28. The van der Waals surface area contributed by atoms with Gasteiger partial charge in [-0.05, 0) is 18.9 Å². The summed E-state index contributed by atoms with van der Waals surface area (Å²) in [6.45, 7) is 0.881. The first kappa shape index (κ1) is 11.5. The quantitative estimate of drug-likeness (QED) is 0.815. The molecule has 16 heavy (non-hydrogen) atoms. The Morgan fingerprint density at radius 1 is 1.62 bits per heavy atom. The van der Waals surface area contributed by atoms with E-state index in [2.05, 4.69) is 4.98 Å². The third kappa shape index (κ3) is 2.80. The van der Waals surface area contributed by atoms with Gasteiger partial charge in [0.2, 0.25) is 5.88 Å². The number of hydrogen-bond donors (Lipinski definition) is 1. The van der Waals surface area contributed by atoms with E-state index in [1.54, 1.807) is 24.9 Å². The number of rotatable bonds is 4. The van der Waals surface area contributed by atoms with Gasteiger partial charge < -0.3 is 15.2 Å². The van der Waals surface area contributed by atoms with E-state index >= 15 is 0 Å². The summed E-state index contributed by atoms with van der Waals surface area (Å²) in [6, 6.07) is 3.59. The van der Waals surface area contributed by atoms with Crippen LogP contribution in [-0.4, -0.2) is 30.6 Å². The average Bonchev–Trinajstić information content (AvgIpc) is 2.81. The van der Waals surface area contributed by atoms with E-state index in [4.69, 9.17) is 15.2 Å². The smallest absolute Gasteiger partial charge is 0.214 e. The monoisotopic (exact) mass is 240 g/mol. The zero-order chi connectivity index (χ0) is 11.4. The number of hydrogen-bond acceptors (Lipinski definition) is 5. The number of aromatic nitrogens is 1. The molecule has 1 atom stereocenters. The van der Waals surface area contributed by atoms with Gasteiger partial charge in [-0.3, -0.25) is 0 Å². The molecule has 4 nitrogen and oxygen atoms in total. The van der Waals surface area contributed by atoms with Crippen molar-refractivity contribution in [3.8, 4) is 5.88 Å². The molecule has 0 radical (unpaired) electrons. The third-order valence-electron chi connectivity index (χ3n) is 2.50.